The lowest BCUT2D eigenvalue weighted by Gasteiger charge is -2.45. The number of aliphatic carboxylic acids is 1. The predicted molar refractivity (Wildman–Crippen MR) is 151 cm³/mol. The van der Waals surface area contributed by atoms with Crippen LogP contribution in [0.15, 0.2) is 126 Å². The zero-order valence-corrected chi connectivity index (χ0v) is 22.1. The van der Waals surface area contributed by atoms with Crippen molar-refractivity contribution in [3.05, 3.63) is 148 Å². The van der Waals surface area contributed by atoms with E-state index in [0.717, 1.165) is 41.0 Å². The lowest BCUT2D eigenvalue weighted by Crippen LogP contribution is -2.55. The van der Waals surface area contributed by atoms with E-state index >= 15 is 0 Å². The number of carbonyl (C=O) groups is 1. The Balaban J connectivity index is 1.77. The molecule has 4 aromatic rings. The lowest BCUT2D eigenvalue weighted by atomic mass is 9.63. The highest BCUT2D eigenvalue weighted by Gasteiger charge is 2.53. The molecule has 1 aliphatic rings. The van der Waals surface area contributed by atoms with E-state index in [4.69, 9.17) is 0 Å². The number of carboxylic acids is 1. The largest absolute Gasteiger partial charge is 0.481 e. The van der Waals surface area contributed by atoms with Crippen LogP contribution in [0.25, 0.3) is 5.57 Å². The Morgan fingerprint density at radius 3 is 1.95 bits per heavy atom. The molecule has 0 amide bonds. The summed E-state index contributed by atoms with van der Waals surface area (Å²) < 4.78 is 30.6. The van der Waals surface area contributed by atoms with Crippen molar-refractivity contribution in [3.8, 4) is 0 Å². The highest BCUT2D eigenvalue weighted by molar-refractivity contribution is 7.89. The van der Waals surface area contributed by atoms with Gasteiger partial charge < -0.3 is 5.11 Å². The van der Waals surface area contributed by atoms with Gasteiger partial charge in [-0.1, -0.05) is 97.1 Å². The SMILES string of the molecule is O=C(O)[C@@H]1[C@@H](c2ccccc2)CC(c2ccccc2)=C[C@@]1(NS(=O)(=O)c1ccc([N+](=O)[O-])cc1)c1ccccc1. The van der Waals surface area contributed by atoms with Crippen LogP contribution in [-0.2, 0) is 20.4 Å². The minimum absolute atomic E-state index is 0.214. The first kappa shape index (κ1) is 27.0. The number of non-ortho nitro benzene ring substituents is 1. The van der Waals surface area contributed by atoms with Crippen LogP contribution in [0.2, 0.25) is 0 Å². The first-order valence-electron chi connectivity index (χ1n) is 12.6. The van der Waals surface area contributed by atoms with E-state index in [1.54, 1.807) is 36.4 Å². The van der Waals surface area contributed by atoms with Crippen molar-refractivity contribution in [2.45, 2.75) is 22.8 Å². The summed E-state index contributed by atoms with van der Waals surface area (Å²) in [4.78, 5) is 23.5. The number of carboxylic acid groups (broad SMARTS) is 1. The summed E-state index contributed by atoms with van der Waals surface area (Å²) in [5, 5.41) is 21.9. The normalized spacial score (nSPS) is 20.9. The van der Waals surface area contributed by atoms with Gasteiger partial charge in [0.2, 0.25) is 10.0 Å². The topological polar surface area (TPSA) is 127 Å². The standard InChI is InChI=1S/C31H26N2O6S/c34-30(35)29-28(23-12-6-2-7-13-23)20-24(22-10-4-1-5-11-22)21-31(29,25-14-8-3-9-15-25)32-40(38,39)27-18-16-26(17-19-27)33(36)37/h1-19,21,28-29,32H,20H2,(H,34,35)/t28-,29+,31-/m1/s1. The van der Waals surface area contributed by atoms with E-state index in [0.29, 0.717) is 12.0 Å². The van der Waals surface area contributed by atoms with Gasteiger partial charge in [-0.2, -0.15) is 4.72 Å². The molecule has 0 saturated carbocycles. The van der Waals surface area contributed by atoms with E-state index in [-0.39, 0.29) is 10.6 Å². The summed E-state index contributed by atoms with van der Waals surface area (Å²) in [5.41, 5.74) is 0.920. The van der Waals surface area contributed by atoms with Crippen LogP contribution in [0, 0.1) is 16.0 Å². The van der Waals surface area contributed by atoms with Crippen molar-refractivity contribution in [1.29, 1.82) is 0 Å². The zero-order chi connectivity index (χ0) is 28.3. The second kappa shape index (κ2) is 10.9. The third kappa shape index (κ3) is 5.16. The van der Waals surface area contributed by atoms with Crippen LogP contribution in [0.3, 0.4) is 0 Å². The summed E-state index contributed by atoms with van der Waals surface area (Å²) in [6.07, 6.45) is 2.09. The maximum absolute atomic E-state index is 13.9. The Morgan fingerprint density at radius 2 is 1.40 bits per heavy atom. The number of benzene rings is 4. The fourth-order valence-electron chi connectivity index (χ4n) is 5.48. The molecule has 4 aromatic carbocycles. The number of nitrogens with zero attached hydrogens (tertiary/aromatic N) is 1. The van der Waals surface area contributed by atoms with E-state index < -0.39 is 38.3 Å². The molecule has 8 nitrogen and oxygen atoms in total. The van der Waals surface area contributed by atoms with Crippen molar-refractivity contribution in [2.24, 2.45) is 5.92 Å². The summed E-state index contributed by atoms with van der Waals surface area (Å²) >= 11 is 0. The quantitative estimate of drug-likeness (QED) is 0.211. The van der Waals surface area contributed by atoms with Gasteiger partial charge in [-0.05, 0) is 40.8 Å². The Labute approximate surface area is 231 Å². The number of hydrogen-bond donors (Lipinski definition) is 2. The molecule has 5 rings (SSSR count). The summed E-state index contributed by atoms with van der Waals surface area (Å²) in [5.74, 6) is -2.97. The average molecular weight is 555 g/mol. The highest BCUT2D eigenvalue weighted by atomic mass is 32.2. The molecule has 1 aliphatic carbocycles. The number of nitro benzene ring substituents is 1. The van der Waals surface area contributed by atoms with E-state index in [1.165, 1.54) is 0 Å². The lowest BCUT2D eigenvalue weighted by molar-refractivity contribution is -0.384. The van der Waals surface area contributed by atoms with Gasteiger partial charge in [0, 0.05) is 18.1 Å². The highest BCUT2D eigenvalue weighted by Crippen LogP contribution is 2.50. The Morgan fingerprint density at radius 1 is 0.850 bits per heavy atom. The number of nitro groups is 1. The first-order valence-corrected chi connectivity index (χ1v) is 14.1. The molecule has 0 heterocycles. The average Bonchev–Trinajstić information content (AvgIpc) is 2.97. The number of sulfonamides is 1. The van der Waals surface area contributed by atoms with Gasteiger partial charge in [-0.25, -0.2) is 8.42 Å². The minimum atomic E-state index is -4.37. The minimum Gasteiger partial charge on any atom is -0.481 e. The van der Waals surface area contributed by atoms with Crippen molar-refractivity contribution in [1.82, 2.24) is 4.72 Å². The Kier molecular flexibility index (Phi) is 7.34. The number of hydrogen-bond acceptors (Lipinski definition) is 5. The Hall–Kier alpha value is -4.60. The molecule has 0 spiro atoms. The fourth-order valence-corrected chi connectivity index (χ4v) is 6.84. The molecule has 3 atom stereocenters. The van der Waals surface area contributed by atoms with Gasteiger partial charge in [0.25, 0.3) is 5.69 Å². The molecule has 0 radical (unpaired) electrons. The Bertz CT molecular complexity index is 1660. The summed E-state index contributed by atoms with van der Waals surface area (Å²) in [6, 6.07) is 31.9. The molecule has 202 valence electrons. The van der Waals surface area contributed by atoms with Crippen LogP contribution in [0.5, 0.6) is 0 Å². The number of rotatable bonds is 8. The van der Waals surface area contributed by atoms with Crippen LogP contribution < -0.4 is 4.72 Å². The number of nitrogens with one attached hydrogen (secondary N) is 1. The molecule has 0 saturated heterocycles. The maximum atomic E-state index is 13.9. The van der Waals surface area contributed by atoms with Gasteiger partial charge in [-0.15, -0.1) is 0 Å². The fraction of sp³-hybridized carbons (Fsp3) is 0.129. The third-order valence-corrected chi connectivity index (χ3v) is 8.78. The predicted octanol–water partition coefficient (Wildman–Crippen LogP) is 5.74. The van der Waals surface area contributed by atoms with Gasteiger partial charge in [0.1, 0.15) is 0 Å². The van der Waals surface area contributed by atoms with Crippen molar-refractivity contribution in [2.75, 3.05) is 0 Å². The second-order valence-electron chi connectivity index (χ2n) is 9.66. The van der Waals surface area contributed by atoms with Crippen LogP contribution >= 0.6 is 0 Å². The van der Waals surface area contributed by atoms with Crippen molar-refractivity contribution in [3.63, 3.8) is 0 Å². The first-order chi connectivity index (χ1) is 19.2. The third-order valence-electron chi connectivity index (χ3n) is 7.29. The van der Waals surface area contributed by atoms with Crippen molar-refractivity contribution < 1.29 is 23.2 Å². The smallest absolute Gasteiger partial charge is 0.309 e. The number of allylic oxidation sites excluding steroid dienone is 1. The van der Waals surface area contributed by atoms with E-state index in [2.05, 4.69) is 4.72 Å². The molecule has 0 fully saturated rings. The monoisotopic (exact) mass is 554 g/mol. The van der Waals surface area contributed by atoms with Crippen LogP contribution in [-0.4, -0.2) is 24.4 Å². The van der Waals surface area contributed by atoms with Gasteiger partial charge in [0.05, 0.1) is 21.3 Å². The summed E-state index contributed by atoms with van der Waals surface area (Å²) in [6.45, 7) is 0. The van der Waals surface area contributed by atoms with Crippen LogP contribution in [0.1, 0.15) is 29.0 Å². The van der Waals surface area contributed by atoms with Gasteiger partial charge in [-0.3, -0.25) is 14.9 Å². The van der Waals surface area contributed by atoms with Crippen molar-refractivity contribution >= 4 is 27.3 Å². The molecule has 40 heavy (non-hydrogen) atoms. The van der Waals surface area contributed by atoms with Gasteiger partial charge >= 0.3 is 5.97 Å². The van der Waals surface area contributed by atoms with E-state index in [9.17, 15) is 28.4 Å². The van der Waals surface area contributed by atoms with Gasteiger partial charge in [0.15, 0.2) is 0 Å². The molecular weight excluding hydrogens is 528 g/mol. The molecule has 0 aliphatic heterocycles. The molecule has 0 aromatic heterocycles. The molecule has 0 bridgehead atoms. The van der Waals surface area contributed by atoms with Crippen LogP contribution in [0.4, 0.5) is 5.69 Å². The zero-order valence-electron chi connectivity index (χ0n) is 21.3. The maximum Gasteiger partial charge on any atom is 0.309 e. The molecular formula is C31H26N2O6S. The molecule has 2 N–H and O–H groups in total. The van der Waals surface area contributed by atoms with E-state index in [1.807, 2.05) is 60.7 Å². The molecule has 9 heteroatoms. The summed E-state index contributed by atoms with van der Waals surface area (Å²) in [7, 11) is -4.37. The second-order valence-corrected chi connectivity index (χ2v) is 11.3. The molecule has 0 unspecified atom stereocenters.